The second kappa shape index (κ2) is 7.78. The maximum atomic E-state index is 12.7. The van der Waals surface area contributed by atoms with Gasteiger partial charge in [0.25, 0.3) is 0 Å². The average molecular weight is 467 g/mol. The van der Waals surface area contributed by atoms with Crippen molar-refractivity contribution in [2.75, 3.05) is 0 Å². The number of aliphatic hydroxyl groups is 2. The SMILES string of the molecule is CC(=O)O[C@H]1C[C@H](O)[C@H](C)[C@@H]2[C@@H](O)[C@]34O[C@@]3(C)C(=O)O[C@H]4/C=C(\C)CC[C@@H](OC(C)=O)[C@]21C. The van der Waals surface area contributed by atoms with E-state index in [1.54, 1.807) is 13.0 Å². The Morgan fingerprint density at radius 1 is 1.12 bits per heavy atom. The Labute approximate surface area is 193 Å². The van der Waals surface area contributed by atoms with Crippen LogP contribution in [0.25, 0.3) is 0 Å². The number of allylic oxidation sites excluding steroid dienone is 1. The summed E-state index contributed by atoms with van der Waals surface area (Å²) in [5, 5.41) is 22.9. The van der Waals surface area contributed by atoms with Crippen molar-refractivity contribution in [2.24, 2.45) is 17.3 Å². The summed E-state index contributed by atoms with van der Waals surface area (Å²) < 4.78 is 23.1. The molecule has 0 aromatic carbocycles. The minimum absolute atomic E-state index is 0.136. The third-order valence-electron chi connectivity index (χ3n) is 8.49. The number of carbonyl (C=O) groups excluding carboxylic acids is 3. The fraction of sp³-hybridized carbons (Fsp3) is 0.792. The Kier molecular flexibility index (Phi) is 5.70. The zero-order valence-electron chi connectivity index (χ0n) is 20.0. The van der Waals surface area contributed by atoms with Crippen molar-refractivity contribution < 1.29 is 43.5 Å². The van der Waals surface area contributed by atoms with Gasteiger partial charge in [0.15, 0.2) is 17.3 Å². The Bertz CT molecular complexity index is 898. The van der Waals surface area contributed by atoms with Crippen LogP contribution in [-0.2, 0) is 33.3 Å². The smallest absolute Gasteiger partial charge is 0.342 e. The van der Waals surface area contributed by atoms with Gasteiger partial charge in [0.1, 0.15) is 12.2 Å². The second-order valence-corrected chi connectivity index (χ2v) is 10.5. The lowest BCUT2D eigenvalue weighted by Crippen LogP contribution is -2.65. The topological polar surface area (TPSA) is 132 Å². The van der Waals surface area contributed by atoms with E-state index in [0.717, 1.165) is 5.57 Å². The molecule has 0 aromatic rings. The Hall–Kier alpha value is -1.97. The molecule has 3 fully saturated rings. The molecule has 1 spiro atoms. The summed E-state index contributed by atoms with van der Waals surface area (Å²) in [5.74, 6) is -2.78. The zero-order chi connectivity index (χ0) is 24.5. The Morgan fingerprint density at radius 2 is 1.73 bits per heavy atom. The first kappa shape index (κ1) is 24.2. The van der Waals surface area contributed by atoms with Gasteiger partial charge in [-0.2, -0.15) is 0 Å². The minimum atomic E-state index is -1.35. The summed E-state index contributed by atoms with van der Waals surface area (Å²) >= 11 is 0. The molecule has 2 aliphatic heterocycles. The lowest BCUT2D eigenvalue weighted by Gasteiger charge is -2.56. The predicted molar refractivity (Wildman–Crippen MR) is 114 cm³/mol. The van der Waals surface area contributed by atoms with Gasteiger partial charge in [-0.3, -0.25) is 9.59 Å². The summed E-state index contributed by atoms with van der Waals surface area (Å²) in [4.78, 5) is 36.8. The number of carbonyl (C=O) groups is 3. The lowest BCUT2D eigenvalue weighted by atomic mass is 9.53. The molecule has 0 unspecified atom stereocenters. The van der Waals surface area contributed by atoms with E-state index in [-0.39, 0.29) is 6.42 Å². The summed E-state index contributed by atoms with van der Waals surface area (Å²) in [7, 11) is 0. The van der Waals surface area contributed by atoms with Crippen LogP contribution < -0.4 is 0 Å². The van der Waals surface area contributed by atoms with Crippen LogP contribution in [-0.4, -0.2) is 69.8 Å². The summed E-state index contributed by atoms with van der Waals surface area (Å²) in [5.41, 5.74) is -2.85. The van der Waals surface area contributed by atoms with E-state index in [9.17, 15) is 24.6 Å². The molecule has 2 saturated heterocycles. The second-order valence-electron chi connectivity index (χ2n) is 10.5. The predicted octanol–water partition coefficient (Wildman–Crippen LogP) is 1.43. The monoisotopic (exact) mass is 466 g/mol. The molecule has 4 aliphatic rings. The quantitative estimate of drug-likeness (QED) is 0.268. The highest BCUT2D eigenvalue weighted by Gasteiger charge is 2.86. The van der Waals surface area contributed by atoms with Gasteiger partial charge in [0.2, 0.25) is 0 Å². The molecule has 33 heavy (non-hydrogen) atoms. The Balaban J connectivity index is 1.91. The van der Waals surface area contributed by atoms with Crippen molar-refractivity contribution in [3.05, 3.63) is 11.6 Å². The van der Waals surface area contributed by atoms with Crippen LogP contribution in [0.3, 0.4) is 0 Å². The summed E-state index contributed by atoms with van der Waals surface area (Å²) in [6.45, 7) is 9.72. The van der Waals surface area contributed by atoms with Crippen molar-refractivity contribution in [3.8, 4) is 0 Å². The van der Waals surface area contributed by atoms with Crippen molar-refractivity contribution in [2.45, 2.75) is 103 Å². The van der Waals surface area contributed by atoms with Crippen molar-refractivity contribution in [1.29, 1.82) is 0 Å². The van der Waals surface area contributed by atoms with Gasteiger partial charge < -0.3 is 29.2 Å². The number of esters is 3. The first-order valence-corrected chi connectivity index (χ1v) is 11.6. The van der Waals surface area contributed by atoms with E-state index in [1.165, 1.54) is 13.8 Å². The molecular formula is C24H34O9. The summed E-state index contributed by atoms with van der Waals surface area (Å²) in [6, 6.07) is 0. The number of epoxide rings is 1. The fourth-order valence-electron chi connectivity index (χ4n) is 6.62. The van der Waals surface area contributed by atoms with Gasteiger partial charge >= 0.3 is 17.9 Å². The molecule has 1 saturated carbocycles. The molecule has 2 heterocycles. The molecule has 2 N–H and O–H groups in total. The van der Waals surface area contributed by atoms with E-state index < -0.39 is 76.9 Å². The van der Waals surface area contributed by atoms with Crippen LogP contribution >= 0.6 is 0 Å². The molecule has 0 amide bonds. The largest absolute Gasteiger partial charge is 0.462 e. The molecule has 0 radical (unpaired) electrons. The number of rotatable bonds is 2. The molecule has 184 valence electrons. The van der Waals surface area contributed by atoms with Gasteiger partial charge in [0.05, 0.1) is 12.2 Å². The van der Waals surface area contributed by atoms with E-state index in [2.05, 4.69) is 0 Å². The van der Waals surface area contributed by atoms with Crippen molar-refractivity contribution in [1.82, 2.24) is 0 Å². The maximum Gasteiger partial charge on any atom is 0.342 e. The van der Waals surface area contributed by atoms with Crippen LogP contribution in [0.2, 0.25) is 0 Å². The number of hydrogen-bond acceptors (Lipinski definition) is 9. The highest BCUT2D eigenvalue weighted by atomic mass is 16.7. The minimum Gasteiger partial charge on any atom is -0.462 e. The van der Waals surface area contributed by atoms with Gasteiger partial charge in [-0.1, -0.05) is 19.4 Å². The molecule has 10 atom stereocenters. The molecule has 0 aromatic heterocycles. The van der Waals surface area contributed by atoms with Gasteiger partial charge in [-0.15, -0.1) is 0 Å². The van der Waals surface area contributed by atoms with Crippen molar-refractivity contribution in [3.63, 3.8) is 0 Å². The Morgan fingerprint density at radius 3 is 2.30 bits per heavy atom. The maximum absolute atomic E-state index is 12.7. The first-order valence-electron chi connectivity index (χ1n) is 11.6. The van der Waals surface area contributed by atoms with Crippen LogP contribution in [0.15, 0.2) is 11.6 Å². The van der Waals surface area contributed by atoms with Gasteiger partial charge in [-0.05, 0) is 38.7 Å². The standard InChI is InChI=1S/C24H34O9/c1-11-7-8-16(30-13(3)25)22(5)17(31-14(4)26)10-15(27)12(2)19(22)20(28)24-18(9-11)32-21(29)23(24,6)33-24/h9,12,15-20,27-28H,7-8,10H2,1-6H3/b11-9+/t12-,15-,16+,17-,18-,19+,20+,22-,23-,24-/m0/s1. The number of hydrogen-bond donors (Lipinski definition) is 2. The molecule has 9 heteroatoms. The summed E-state index contributed by atoms with van der Waals surface area (Å²) in [6.07, 6.45) is -1.63. The van der Waals surface area contributed by atoms with E-state index >= 15 is 0 Å². The zero-order valence-corrected chi connectivity index (χ0v) is 20.0. The van der Waals surface area contributed by atoms with E-state index in [0.29, 0.717) is 12.8 Å². The molecule has 4 rings (SSSR count). The number of aliphatic hydroxyl groups excluding tert-OH is 2. The van der Waals surface area contributed by atoms with Crippen molar-refractivity contribution >= 4 is 17.9 Å². The molecular weight excluding hydrogens is 432 g/mol. The van der Waals surface area contributed by atoms with Crippen LogP contribution in [0, 0.1) is 17.3 Å². The third-order valence-corrected chi connectivity index (χ3v) is 8.49. The highest BCUT2D eigenvalue weighted by molar-refractivity contribution is 5.88. The van der Waals surface area contributed by atoms with Gasteiger partial charge in [0, 0.05) is 31.6 Å². The molecule has 2 aliphatic carbocycles. The highest BCUT2D eigenvalue weighted by Crippen LogP contribution is 2.64. The average Bonchev–Trinajstić information content (AvgIpc) is 3.30. The van der Waals surface area contributed by atoms with E-state index in [1.807, 2.05) is 20.8 Å². The van der Waals surface area contributed by atoms with Crippen LogP contribution in [0.5, 0.6) is 0 Å². The van der Waals surface area contributed by atoms with Crippen LogP contribution in [0.1, 0.15) is 60.8 Å². The molecule has 9 nitrogen and oxygen atoms in total. The number of fused-ring (bicyclic) bond motifs is 1. The molecule has 0 bridgehead atoms. The third kappa shape index (κ3) is 3.34. The number of ether oxygens (including phenoxy) is 4. The fourth-order valence-corrected chi connectivity index (χ4v) is 6.62. The van der Waals surface area contributed by atoms with E-state index in [4.69, 9.17) is 18.9 Å². The van der Waals surface area contributed by atoms with Gasteiger partial charge in [-0.25, -0.2) is 4.79 Å². The van der Waals surface area contributed by atoms with Crippen LogP contribution in [0.4, 0.5) is 0 Å². The normalized spacial score (nSPS) is 50.5. The first-order chi connectivity index (χ1) is 15.3. The lowest BCUT2D eigenvalue weighted by molar-refractivity contribution is -0.226.